The molecule has 0 saturated heterocycles. The van der Waals surface area contributed by atoms with E-state index in [0.29, 0.717) is 17.9 Å². The Labute approximate surface area is 114 Å². The molecule has 0 aliphatic rings. The van der Waals surface area contributed by atoms with Gasteiger partial charge in [-0.1, -0.05) is 13.8 Å². The number of hydrogen-bond donors (Lipinski definition) is 1. The van der Waals surface area contributed by atoms with E-state index in [2.05, 4.69) is 10.2 Å². The summed E-state index contributed by atoms with van der Waals surface area (Å²) in [6, 6.07) is 1.99. The van der Waals surface area contributed by atoms with E-state index in [4.69, 9.17) is 5.26 Å². The van der Waals surface area contributed by atoms with Crippen LogP contribution in [-0.4, -0.2) is 36.0 Å². The van der Waals surface area contributed by atoms with Crippen LogP contribution in [0.1, 0.15) is 31.7 Å². The van der Waals surface area contributed by atoms with E-state index in [9.17, 15) is 8.42 Å². The van der Waals surface area contributed by atoms with E-state index < -0.39 is 10.0 Å². The van der Waals surface area contributed by atoms with Crippen LogP contribution < -0.4 is 0 Å². The predicted molar refractivity (Wildman–Crippen MR) is 71.9 cm³/mol. The number of hydrogen-bond acceptors (Lipinski definition) is 4. The van der Waals surface area contributed by atoms with Crippen LogP contribution in [0.3, 0.4) is 0 Å². The van der Waals surface area contributed by atoms with Crippen molar-refractivity contribution in [2.45, 2.75) is 39.0 Å². The van der Waals surface area contributed by atoms with Gasteiger partial charge in [0.2, 0.25) is 10.0 Å². The summed E-state index contributed by atoms with van der Waals surface area (Å²) in [6.45, 7) is 7.85. The summed E-state index contributed by atoms with van der Waals surface area (Å²) in [7, 11) is -3.60. The fraction of sp³-hybridized carbons (Fsp3) is 0.667. The van der Waals surface area contributed by atoms with Gasteiger partial charge in [-0.25, -0.2) is 8.42 Å². The van der Waals surface area contributed by atoms with Crippen molar-refractivity contribution in [2.24, 2.45) is 5.92 Å². The normalized spacial score (nSPS) is 12.1. The predicted octanol–water partition coefficient (Wildman–Crippen LogP) is 1.59. The first-order chi connectivity index (χ1) is 8.80. The van der Waals surface area contributed by atoms with Crippen molar-refractivity contribution in [1.82, 2.24) is 14.5 Å². The van der Waals surface area contributed by atoms with E-state index in [1.54, 1.807) is 13.8 Å². The molecule has 19 heavy (non-hydrogen) atoms. The Hall–Kier alpha value is -1.39. The molecule has 7 heteroatoms. The van der Waals surface area contributed by atoms with Gasteiger partial charge in [0, 0.05) is 19.5 Å². The Bertz CT molecular complexity index is 550. The number of aromatic amines is 1. The molecular weight excluding hydrogens is 264 g/mol. The second-order valence-corrected chi connectivity index (χ2v) is 6.80. The van der Waals surface area contributed by atoms with E-state index in [0.717, 1.165) is 0 Å². The van der Waals surface area contributed by atoms with Gasteiger partial charge in [0.15, 0.2) is 0 Å². The number of aryl methyl sites for hydroxylation is 2. The first-order valence-electron chi connectivity index (χ1n) is 6.19. The second-order valence-electron chi connectivity index (χ2n) is 4.93. The van der Waals surface area contributed by atoms with Gasteiger partial charge < -0.3 is 0 Å². The zero-order valence-electron chi connectivity index (χ0n) is 11.8. The van der Waals surface area contributed by atoms with Crippen LogP contribution in [0.4, 0.5) is 0 Å². The summed E-state index contributed by atoms with van der Waals surface area (Å²) >= 11 is 0. The Kier molecular flexibility index (Phi) is 5.09. The molecule has 106 valence electrons. The molecule has 0 bridgehead atoms. The van der Waals surface area contributed by atoms with Crippen LogP contribution in [0.15, 0.2) is 4.90 Å². The van der Waals surface area contributed by atoms with Crippen LogP contribution in [-0.2, 0) is 10.0 Å². The van der Waals surface area contributed by atoms with Gasteiger partial charge in [0.05, 0.1) is 17.5 Å². The van der Waals surface area contributed by atoms with Crippen molar-refractivity contribution in [3.8, 4) is 6.07 Å². The molecule has 6 nitrogen and oxygen atoms in total. The molecule has 0 amide bonds. The SMILES string of the molecule is Cc1n[nH]c(C)c1S(=O)(=O)N(CCC#N)CC(C)C. The summed E-state index contributed by atoms with van der Waals surface area (Å²) in [5, 5.41) is 15.3. The highest BCUT2D eigenvalue weighted by Crippen LogP contribution is 2.22. The van der Waals surface area contributed by atoms with Gasteiger partial charge >= 0.3 is 0 Å². The van der Waals surface area contributed by atoms with E-state index in [1.165, 1.54) is 4.31 Å². The summed E-state index contributed by atoms with van der Waals surface area (Å²) in [5.74, 6) is 0.195. The summed E-state index contributed by atoms with van der Waals surface area (Å²) < 4.78 is 26.6. The van der Waals surface area contributed by atoms with Crippen molar-refractivity contribution >= 4 is 10.0 Å². The Morgan fingerprint density at radius 1 is 1.42 bits per heavy atom. The maximum absolute atomic E-state index is 12.6. The standard InChI is InChI=1S/C12H20N4O2S/c1-9(2)8-16(7-5-6-13)19(17,18)12-10(3)14-15-11(12)4/h9H,5,7-8H2,1-4H3,(H,14,15). The lowest BCUT2D eigenvalue weighted by molar-refractivity contribution is 0.372. The van der Waals surface area contributed by atoms with Crippen molar-refractivity contribution in [2.75, 3.05) is 13.1 Å². The van der Waals surface area contributed by atoms with Crippen LogP contribution >= 0.6 is 0 Å². The molecule has 1 aromatic heterocycles. The number of nitrogens with one attached hydrogen (secondary N) is 1. The topological polar surface area (TPSA) is 89.8 Å². The quantitative estimate of drug-likeness (QED) is 0.859. The number of nitriles is 1. The van der Waals surface area contributed by atoms with Crippen molar-refractivity contribution in [1.29, 1.82) is 5.26 Å². The first-order valence-corrected chi connectivity index (χ1v) is 7.63. The van der Waals surface area contributed by atoms with Gasteiger partial charge in [-0.2, -0.15) is 14.7 Å². The van der Waals surface area contributed by atoms with E-state index in [-0.39, 0.29) is 23.8 Å². The molecule has 0 saturated carbocycles. The lowest BCUT2D eigenvalue weighted by Crippen LogP contribution is -2.35. The van der Waals surface area contributed by atoms with Gasteiger partial charge in [-0.15, -0.1) is 0 Å². The Balaban J connectivity index is 3.16. The van der Waals surface area contributed by atoms with E-state index in [1.807, 2.05) is 19.9 Å². The number of sulfonamides is 1. The number of rotatable bonds is 6. The molecule has 0 atom stereocenters. The third-order valence-corrected chi connectivity index (χ3v) is 4.83. The minimum absolute atomic E-state index is 0.182. The summed E-state index contributed by atoms with van der Waals surface area (Å²) in [4.78, 5) is 0.228. The number of nitrogens with zero attached hydrogens (tertiary/aromatic N) is 3. The van der Waals surface area contributed by atoms with Crippen LogP contribution in [0.2, 0.25) is 0 Å². The monoisotopic (exact) mass is 284 g/mol. The molecule has 0 aromatic carbocycles. The maximum Gasteiger partial charge on any atom is 0.246 e. The van der Waals surface area contributed by atoms with Crippen molar-refractivity contribution < 1.29 is 8.42 Å². The second kappa shape index (κ2) is 6.17. The highest BCUT2D eigenvalue weighted by molar-refractivity contribution is 7.89. The van der Waals surface area contributed by atoms with E-state index >= 15 is 0 Å². The van der Waals surface area contributed by atoms with Crippen LogP contribution in [0.25, 0.3) is 0 Å². The zero-order chi connectivity index (χ0) is 14.6. The summed E-state index contributed by atoms with van der Waals surface area (Å²) in [5.41, 5.74) is 0.992. The lowest BCUT2D eigenvalue weighted by atomic mass is 10.2. The first kappa shape index (κ1) is 15.7. The molecular formula is C12H20N4O2S. The van der Waals surface area contributed by atoms with Crippen LogP contribution in [0, 0.1) is 31.1 Å². The third kappa shape index (κ3) is 3.55. The summed E-state index contributed by atoms with van der Waals surface area (Å²) in [6.07, 6.45) is 0.182. The Morgan fingerprint density at radius 2 is 2.05 bits per heavy atom. The lowest BCUT2D eigenvalue weighted by Gasteiger charge is -2.23. The average molecular weight is 284 g/mol. The van der Waals surface area contributed by atoms with Gasteiger partial charge in [0.1, 0.15) is 4.90 Å². The zero-order valence-corrected chi connectivity index (χ0v) is 12.6. The highest BCUT2D eigenvalue weighted by Gasteiger charge is 2.29. The molecule has 1 heterocycles. The van der Waals surface area contributed by atoms with Crippen LogP contribution in [0.5, 0.6) is 0 Å². The molecule has 0 spiro atoms. The maximum atomic E-state index is 12.6. The number of H-pyrrole nitrogens is 1. The van der Waals surface area contributed by atoms with Gasteiger partial charge in [0.25, 0.3) is 0 Å². The third-order valence-electron chi connectivity index (χ3n) is 2.70. The molecule has 1 aromatic rings. The Morgan fingerprint density at radius 3 is 2.47 bits per heavy atom. The largest absolute Gasteiger partial charge is 0.281 e. The number of aromatic nitrogens is 2. The molecule has 0 unspecified atom stereocenters. The fourth-order valence-electron chi connectivity index (χ4n) is 1.94. The van der Waals surface area contributed by atoms with Gasteiger partial charge in [-0.05, 0) is 19.8 Å². The molecule has 1 rings (SSSR count). The minimum atomic E-state index is -3.60. The highest BCUT2D eigenvalue weighted by atomic mass is 32.2. The molecule has 0 fully saturated rings. The molecule has 0 aliphatic heterocycles. The van der Waals surface area contributed by atoms with Crippen molar-refractivity contribution in [3.05, 3.63) is 11.4 Å². The minimum Gasteiger partial charge on any atom is -0.281 e. The van der Waals surface area contributed by atoms with Gasteiger partial charge in [-0.3, -0.25) is 5.10 Å². The molecule has 0 aliphatic carbocycles. The fourth-order valence-corrected chi connectivity index (χ4v) is 3.88. The smallest absolute Gasteiger partial charge is 0.246 e. The molecule has 0 radical (unpaired) electrons. The average Bonchev–Trinajstić information content (AvgIpc) is 2.64. The van der Waals surface area contributed by atoms with Crippen molar-refractivity contribution in [3.63, 3.8) is 0 Å². The molecule has 1 N–H and O–H groups in total.